The lowest BCUT2D eigenvalue weighted by molar-refractivity contribution is -0.385. The van der Waals surface area contributed by atoms with Crippen molar-refractivity contribution in [2.24, 2.45) is 0 Å². The number of hydrogen-bond donors (Lipinski definition) is 0. The van der Waals surface area contributed by atoms with Gasteiger partial charge in [0.15, 0.2) is 12.4 Å². The number of benzene rings is 2. The lowest BCUT2D eigenvalue weighted by Gasteiger charge is -2.08. The van der Waals surface area contributed by atoms with E-state index in [1.807, 2.05) is 0 Å². The van der Waals surface area contributed by atoms with Gasteiger partial charge in [0.25, 0.3) is 0 Å². The molecule has 0 aromatic heterocycles. The summed E-state index contributed by atoms with van der Waals surface area (Å²) in [7, 11) is 0. The van der Waals surface area contributed by atoms with Crippen molar-refractivity contribution in [1.82, 2.24) is 0 Å². The van der Waals surface area contributed by atoms with Gasteiger partial charge in [-0.15, -0.1) is 0 Å². The number of ether oxygens (including phenoxy) is 3. The molecule has 0 radical (unpaired) electrons. The van der Waals surface area contributed by atoms with Crippen LogP contribution in [0.3, 0.4) is 0 Å². The number of nitro benzene ring substituents is 1. The molecule has 2 aromatic rings. The lowest BCUT2D eigenvalue weighted by Crippen LogP contribution is -2.16. The first-order valence-corrected chi connectivity index (χ1v) is 7.84. The minimum atomic E-state index is -0.607. The molecule has 0 fully saturated rings. The average Bonchev–Trinajstić information content (AvgIpc) is 2.61. The van der Waals surface area contributed by atoms with E-state index in [9.17, 15) is 14.9 Å². The van der Waals surface area contributed by atoms with Crippen LogP contribution in [-0.4, -0.2) is 30.7 Å². The van der Waals surface area contributed by atoms with E-state index in [4.69, 9.17) is 25.8 Å². The maximum atomic E-state index is 11.6. The van der Waals surface area contributed by atoms with Gasteiger partial charge in [-0.05, 0) is 30.3 Å². The zero-order chi connectivity index (χ0) is 18.1. The fourth-order valence-electron chi connectivity index (χ4n) is 1.87. The molecule has 8 heteroatoms. The maximum absolute atomic E-state index is 11.6. The molecular formula is C17H16ClNO6. The number of carbonyl (C=O) groups excluding carboxylic acids is 1. The minimum absolute atomic E-state index is 0.0236. The van der Waals surface area contributed by atoms with E-state index < -0.39 is 17.5 Å². The highest BCUT2D eigenvalue weighted by molar-refractivity contribution is 6.30. The summed E-state index contributed by atoms with van der Waals surface area (Å²) in [5.41, 5.74) is -0.202. The summed E-state index contributed by atoms with van der Waals surface area (Å²) in [5, 5.41) is 11.5. The molecule has 0 saturated carbocycles. The number of halogens is 1. The highest BCUT2D eigenvalue weighted by atomic mass is 35.5. The van der Waals surface area contributed by atoms with Crippen LogP contribution < -0.4 is 9.47 Å². The molecule has 2 aromatic carbocycles. The molecular weight excluding hydrogens is 350 g/mol. The Hall–Kier alpha value is -2.80. The quantitative estimate of drug-likeness (QED) is 0.292. The van der Waals surface area contributed by atoms with Crippen LogP contribution in [0.1, 0.15) is 6.42 Å². The number of carbonyl (C=O) groups is 1. The third kappa shape index (κ3) is 6.31. The van der Waals surface area contributed by atoms with Gasteiger partial charge in [-0.3, -0.25) is 10.1 Å². The number of para-hydroxylation sites is 2. The summed E-state index contributed by atoms with van der Waals surface area (Å²) < 4.78 is 15.6. The van der Waals surface area contributed by atoms with Crippen molar-refractivity contribution < 1.29 is 23.9 Å². The molecule has 0 saturated heterocycles. The second-order valence-corrected chi connectivity index (χ2v) is 5.33. The zero-order valence-corrected chi connectivity index (χ0v) is 14.0. The van der Waals surface area contributed by atoms with E-state index in [1.54, 1.807) is 30.3 Å². The van der Waals surface area contributed by atoms with Crippen molar-refractivity contribution >= 4 is 23.3 Å². The normalized spacial score (nSPS) is 10.1. The van der Waals surface area contributed by atoms with Crippen molar-refractivity contribution in [2.75, 3.05) is 19.8 Å². The molecule has 0 aliphatic carbocycles. The molecule has 0 unspecified atom stereocenters. The molecule has 0 aliphatic heterocycles. The Morgan fingerprint density at radius 2 is 1.76 bits per heavy atom. The highest BCUT2D eigenvalue weighted by Crippen LogP contribution is 2.25. The van der Waals surface area contributed by atoms with Gasteiger partial charge in [-0.1, -0.05) is 23.7 Å². The van der Waals surface area contributed by atoms with Crippen molar-refractivity contribution in [3.63, 3.8) is 0 Å². The second-order valence-electron chi connectivity index (χ2n) is 4.89. The van der Waals surface area contributed by atoms with Crippen molar-refractivity contribution in [1.29, 1.82) is 0 Å². The second kappa shape index (κ2) is 9.48. The Bertz CT molecular complexity index is 719. The van der Waals surface area contributed by atoms with Crippen molar-refractivity contribution in [2.45, 2.75) is 6.42 Å². The van der Waals surface area contributed by atoms with Gasteiger partial charge in [0.2, 0.25) is 0 Å². The Morgan fingerprint density at radius 3 is 2.48 bits per heavy atom. The Kier molecular flexibility index (Phi) is 7.03. The van der Waals surface area contributed by atoms with Crippen LogP contribution in [0.2, 0.25) is 5.02 Å². The number of esters is 1. The molecule has 0 spiro atoms. The van der Waals surface area contributed by atoms with Gasteiger partial charge in [0.05, 0.1) is 18.1 Å². The Balaban J connectivity index is 1.64. The van der Waals surface area contributed by atoms with Gasteiger partial charge in [-0.2, -0.15) is 0 Å². The molecule has 0 amide bonds. The molecule has 0 atom stereocenters. The van der Waals surface area contributed by atoms with E-state index in [2.05, 4.69) is 0 Å². The molecule has 0 bridgehead atoms. The predicted molar refractivity (Wildman–Crippen MR) is 91.1 cm³/mol. The van der Waals surface area contributed by atoms with Crippen molar-refractivity contribution in [3.05, 3.63) is 63.7 Å². The molecule has 132 valence electrons. The fraction of sp³-hybridized carbons (Fsp3) is 0.235. The predicted octanol–water partition coefficient (Wildman–Crippen LogP) is 3.64. The van der Waals surface area contributed by atoms with Crippen LogP contribution in [0.25, 0.3) is 0 Å². The maximum Gasteiger partial charge on any atom is 0.344 e. The van der Waals surface area contributed by atoms with Crippen LogP contribution in [0.5, 0.6) is 11.5 Å². The first-order chi connectivity index (χ1) is 12.1. The van der Waals surface area contributed by atoms with E-state index >= 15 is 0 Å². The van der Waals surface area contributed by atoms with E-state index in [0.29, 0.717) is 23.8 Å². The minimum Gasteiger partial charge on any atom is -0.493 e. The van der Waals surface area contributed by atoms with Gasteiger partial charge in [0.1, 0.15) is 5.75 Å². The van der Waals surface area contributed by atoms with E-state index in [-0.39, 0.29) is 18.0 Å². The number of nitro groups is 1. The number of hydrogen-bond acceptors (Lipinski definition) is 6. The van der Waals surface area contributed by atoms with Gasteiger partial charge < -0.3 is 14.2 Å². The van der Waals surface area contributed by atoms with Crippen LogP contribution >= 0.6 is 11.6 Å². The van der Waals surface area contributed by atoms with E-state index in [1.165, 1.54) is 18.2 Å². The van der Waals surface area contributed by atoms with Gasteiger partial charge in [-0.25, -0.2) is 4.79 Å². The summed E-state index contributed by atoms with van der Waals surface area (Å²) in [4.78, 5) is 21.9. The summed E-state index contributed by atoms with van der Waals surface area (Å²) >= 11 is 5.77. The molecule has 25 heavy (non-hydrogen) atoms. The number of rotatable bonds is 9. The first kappa shape index (κ1) is 18.5. The topological polar surface area (TPSA) is 87.9 Å². The average molecular weight is 366 g/mol. The highest BCUT2D eigenvalue weighted by Gasteiger charge is 2.15. The van der Waals surface area contributed by atoms with Crippen LogP contribution in [0.4, 0.5) is 5.69 Å². The Morgan fingerprint density at radius 1 is 1.04 bits per heavy atom. The number of nitrogens with zero attached hydrogens (tertiary/aromatic N) is 1. The summed E-state index contributed by atoms with van der Waals surface area (Å²) in [6.07, 6.45) is 0.500. The third-order valence-corrected chi connectivity index (χ3v) is 3.29. The fourth-order valence-corrected chi connectivity index (χ4v) is 2.00. The molecule has 2 rings (SSSR count). The Labute approximate surface area is 149 Å². The standard InChI is InChI=1S/C17H16ClNO6/c18-13-6-8-14(9-7-13)23-10-3-11-24-17(20)12-25-16-5-2-1-4-15(16)19(21)22/h1-2,4-9H,3,10-12H2. The smallest absolute Gasteiger partial charge is 0.344 e. The molecule has 0 N–H and O–H groups in total. The zero-order valence-electron chi connectivity index (χ0n) is 13.2. The van der Waals surface area contributed by atoms with Gasteiger partial charge in [0, 0.05) is 17.5 Å². The monoisotopic (exact) mass is 365 g/mol. The van der Waals surface area contributed by atoms with Crippen LogP contribution in [-0.2, 0) is 9.53 Å². The molecule has 0 heterocycles. The largest absolute Gasteiger partial charge is 0.493 e. The van der Waals surface area contributed by atoms with Crippen molar-refractivity contribution in [3.8, 4) is 11.5 Å². The molecule has 7 nitrogen and oxygen atoms in total. The molecule has 0 aliphatic rings. The first-order valence-electron chi connectivity index (χ1n) is 7.46. The van der Waals surface area contributed by atoms with Crippen LogP contribution in [0, 0.1) is 10.1 Å². The SMILES string of the molecule is O=C(COc1ccccc1[N+](=O)[O-])OCCCOc1ccc(Cl)cc1. The summed E-state index contributed by atoms with van der Waals surface area (Å²) in [6.45, 7) is 0.134. The lowest BCUT2D eigenvalue weighted by atomic mass is 10.3. The summed E-state index contributed by atoms with van der Waals surface area (Å²) in [6, 6.07) is 12.8. The van der Waals surface area contributed by atoms with E-state index in [0.717, 1.165) is 0 Å². The van der Waals surface area contributed by atoms with Crippen LogP contribution in [0.15, 0.2) is 48.5 Å². The van der Waals surface area contributed by atoms with Gasteiger partial charge >= 0.3 is 11.7 Å². The summed E-state index contributed by atoms with van der Waals surface area (Å²) in [5.74, 6) is 0.0932. The third-order valence-electron chi connectivity index (χ3n) is 3.04.